The molecule has 0 amide bonds. The number of benzene rings is 1. The number of ether oxygens (including phenoxy) is 1. The van der Waals surface area contributed by atoms with E-state index in [0.29, 0.717) is 18.4 Å². The largest absolute Gasteiger partial charge is 0.493 e. The normalized spacial score (nSPS) is 28.9. The van der Waals surface area contributed by atoms with E-state index >= 15 is 0 Å². The number of carboxylic acids is 1. The highest BCUT2D eigenvalue weighted by molar-refractivity contribution is 5.73. The van der Waals surface area contributed by atoms with Gasteiger partial charge in [-0.25, -0.2) is 0 Å². The molecule has 0 bridgehead atoms. The summed E-state index contributed by atoms with van der Waals surface area (Å²) in [5, 5.41) is 9.52. The van der Waals surface area contributed by atoms with Crippen LogP contribution < -0.4 is 4.74 Å². The van der Waals surface area contributed by atoms with Gasteiger partial charge in [0.15, 0.2) is 0 Å². The fourth-order valence-electron chi connectivity index (χ4n) is 3.60. The average molecular weight is 289 g/mol. The van der Waals surface area contributed by atoms with Crippen LogP contribution in [0.2, 0.25) is 0 Å². The van der Waals surface area contributed by atoms with Gasteiger partial charge in [0.2, 0.25) is 0 Å². The molecule has 1 aromatic rings. The maximum Gasteiger partial charge on any atom is 0.320 e. The van der Waals surface area contributed by atoms with Crippen LogP contribution in [-0.2, 0) is 4.79 Å². The molecule has 1 aromatic carbocycles. The highest BCUT2D eigenvalue weighted by atomic mass is 16.5. The second kappa shape index (κ2) is 6.06. The van der Waals surface area contributed by atoms with Crippen LogP contribution >= 0.6 is 0 Å². The molecular weight excluding hydrogens is 266 g/mol. The molecule has 0 spiro atoms. The lowest BCUT2D eigenvalue weighted by Gasteiger charge is -2.38. The number of nitrogens with zero attached hydrogens (tertiary/aromatic N) is 1. The molecule has 3 unspecified atom stereocenters. The number of fused-ring (bicyclic) bond motifs is 1. The molecule has 4 heteroatoms. The standard InChI is InChI=1S/C17H23NO3/c1-2-12-7-8-18(15(9-12)17(19)20)10-13-11-21-16-6-4-3-5-14(13)16/h3-6,12-13,15H,2,7-11H2,1H3,(H,19,20). The summed E-state index contributed by atoms with van der Waals surface area (Å²) in [6, 6.07) is 7.76. The van der Waals surface area contributed by atoms with Crippen LogP contribution in [0.4, 0.5) is 0 Å². The fraction of sp³-hybridized carbons (Fsp3) is 0.588. The Hall–Kier alpha value is -1.55. The van der Waals surface area contributed by atoms with Crippen LogP contribution in [0.1, 0.15) is 37.7 Å². The lowest BCUT2D eigenvalue weighted by molar-refractivity contribution is -0.145. The minimum absolute atomic E-state index is 0.293. The second-order valence-corrected chi connectivity index (χ2v) is 6.19. The van der Waals surface area contributed by atoms with Crippen LogP contribution in [0.5, 0.6) is 5.75 Å². The number of hydrogen-bond acceptors (Lipinski definition) is 3. The van der Waals surface area contributed by atoms with Crippen LogP contribution in [0.3, 0.4) is 0 Å². The van der Waals surface area contributed by atoms with E-state index in [1.807, 2.05) is 18.2 Å². The molecule has 0 aliphatic carbocycles. The van der Waals surface area contributed by atoms with Gasteiger partial charge in [0, 0.05) is 18.0 Å². The molecule has 21 heavy (non-hydrogen) atoms. The number of aliphatic carboxylic acids is 1. The number of carboxylic acid groups (broad SMARTS) is 1. The zero-order valence-electron chi connectivity index (χ0n) is 12.5. The van der Waals surface area contributed by atoms with E-state index in [-0.39, 0.29) is 6.04 Å². The van der Waals surface area contributed by atoms with E-state index in [1.54, 1.807) is 0 Å². The molecule has 0 radical (unpaired) electrons. The quantitative estimate of drug-likeness (QED) is 0.926. The maximum absolute atomic E-state index is 11.6. The minimum atomic E-state index is -0.680. The number of piperidine rings is 1. The van der Waals surface area contributed by atoms with Crippen molar-refractivity contribution in [1.82, 2.24) is 4.90 Å². The number of para-hydroxylation sites is 1. The van der Waals surface area contributed by atoms with Crippen molar-refractivity contribution in [2.45, 2.75) is 38.1 Å². The summed E-state index contributed by atoms with van der Waals surface area (Å²) < 4.78 is 5.72. The summed E-state index contributed by atoms with van der Waals surface area (Å²) in [7, 11) is 0. The predicted octanol–water partition coefficient (Wildman–Crippen LogP) is 2.74. The third-order valence-corrected chi connectivity index (χ3v) is 4.94. The Labute approximate surface area is 125 Å². The average Bonchev–Trinajstić information content (AvgIpc) is 2.91. The van der Waals surface area contributed by atoms with E-state index in [2.05, 4.69) is 17.9 Å². The summed E-state index contributed by atoms with van der Waals surface area (Å²) in [5.74, 6) is 1.12. The maximum atomic E-state index is 11.6. The Morgan fingerprint density at radius 1 is 1.43 bits per heavy atom. The molecule has 3 atom stereocenters. The Bertz CT molecular complexity index is 517. The molecular formula is C17H23NO3. The smallest absolute Gasteiger partial charge is 0.320 e. The van der Waals surface area contributed by atoms with Crippen LogP contribution in [-0.4, -0.2) is 41.7 Å². The Balaban J connectivity index is 1.71. The first-order valence-electron chi connectivity index (χ1n) is 7.87. The molecule has 114 valence electrons. The van der Waals surface area contributed by atoms with Crippen LogP contribution in [0.25, 0.3) is 0 Å². The molecule has 3 rings (SSSR count). The lowest BCUT2D eigenvalue weighted by atomic mass is 9.88. The van der Waals surface area contributed by atoms with Crippen molar-refractivity contribution in [2.75, 3.05) is 19.7 Å². The SMILES string of the molecule is CCC1CCN(CC2COc3ccccc32)C(C(=O)O)C1. The molecule has 1 fully saturated rings. The van der Waals surface area contributed by atoms with Gasteiger partial charge in [-0.1, -0.05) is 31.5 Å². The predicted molar refractivity (Wildman–Crippen MR) is 80.7 cm³/mol. The zero-order valence-corrected chi connectivity index (χ0v) is 12.5. The number of rotatable bonds is 4. The van der Waals surface area contributed by atoms with Crippen molar-refractivity contribution in [3.63, 3.8) is 0 Å². The molecule has 1 saturated heterocycles. The molecule has 2 aliphatic heterocycles. The van der Waals surface area contributed by atoms with E-state index in [4.69, 9.17) is 4.74 Å². The van der Waals surface area contributed by atoms with Gasteiger partial charge in [-0.05, 0) is 31.4 Å². The molecule has 2 heterocycles. The first kappa shape index (κ1) is 14.4. The third kappa shape index (κ3) is 2.91. The van der Waals surface area contributed by atoms with Gasteiger partial charge in [-0.2, -0.15) is 0 Å². The van der Waals surface area contributed by atoms with Gasteiger partial charge in [0.1, 0.15) is 11.8 Å². The van der Waals surface area contributed by atoms with Gasteiger partial charge in [-0.15, -0.1) is 0 Å². The summed E-state index contributed by atoms with van der Waals surface area (Å²) in [4.78, 5) is 13.7. The first-order valence-corrected chi connectivity index (χ1v) is 7.87. The summed E-state index contributed by atoms with van der Waals surface area (Å²) in [5.41, 5.74) is 1.22. The molecule has 2 aliphatic rings. The van der Waals surface area contributed by atoms with Gasteiger partial charge in [-0.3, -0.25) is 9.69 Å². The van der Waals surface area contributed by atoms with Gasteiger partial charge >= 0.3 is 5.97 Å². The van der Waals surface area contributed by atoms with Gasteiger partial charge in [0.05, 0.1) is 6.61 Å². The van der Waals surface area contributed by atoms with Crippen molar-refractivity contribution in [3.05, 3.63) is 29.8 Å². The third-order valence-electron chi connectivity index (χ3n) is 4.94. The Morgan fingerprint density at radius 3 is 3.00 bits per heavy atom. The number of likely N-dealkylation sites (tertiary alicyclic amines) is 1. The van der Waals surface area contributed by atoms with Crippen molar-refractivity contribution in [3.8, 4) is 5.75 Å². The molecule has 4 nitrogen and oxygen atoms in total. The number of hydrogen-bond donors (Lipinski definition) is 1. The van der Waals surface area contributed by atoms with Crippen molar-refractivity contribution < 1.29 is 14.6 Å². The topological polar surface area (TPSA) is 49.8 Å². The van der Waals surface area contributed by atoms with E-state index in [9.17, 15) is 9.90 Å². The van der Waals surface area contributed by atoms with Crippen molar-refractivity contribution >= 4 is 5.97 Å². The zero-order chi connectivity index (χ0) is 14.8. The molecule has 0 saturated carbocycles. The molecule has 0 aromatic heterocycles. The first-order chi connectivity index (χ1) is 10.2. The number of carbonyl (C=O) groups is 1. The van der Waals surface area contributed by atoms with Crippen molar-refractivity contribution in [2.24, 2.45) is 5.92 Å². The highest BCUT2D eigenvalue weighted by Crippen LogP contribution is 2.35. The lowest BCUT2D eigenvalue weighted by Crippen LogP contribution is -2.48. The van der Waals surface area contributed by atoms with E-state index in [0.717, 1.165) is 38.1 Å². The Morgan fingerprint density at radius 2 is 2.24 bits per heavy atom. The monoisotopic (exact) mass is 289 g/mol. The van der Waals surface area contributed by atoms with E-state index < -0.39 is 5.97 Å². The summed E-state index contributed by atoms with van der Waals surface area (Å²) in [6.45, 7) is 4.48. The van der Waals surface area contributed by atoms with E-state index in [1.165, 1.54) is 5.56 Å². The second-order valence-electron chi connectivity index (χ2n) is 6.19. The van der Waals surface area contributed by atoms with Gasteiger partial charge in [0.25, 0.3) is 0 Å². The van der Waals surface area contributed by atoms with Crippen molar-refractivity contribution in [1.29, 1.82) is 0 Å². The van der Waals surface area contributed by atoms with Crippen LogP contribution in [0, 0.1) is 5.92 Å². The molecule has 1 N–H and O–H groups in total. The summed E-state index contributed by atoms with van der Waals surface area (Å²) >= 11 is 0. The summed E-state index contributed by atoms with van der Waals surface area (Å²) in [6.07, 6.45) is 2.96. The minimum Gasteiger partial charge on any atom is -0.493 e. The Kier molecular flexibility index (Phi) is 4.15. The highest BCUT2D eigenvalue weighted by Gasteiger charge is 2.35. The van der Waals surface area contributed by atoms with Crippen LogP contribution in [0.15, 0.2) is 24.3 Å². The van der Waals surface area contributed by atoms with Gasteiger partial charge < -0.3 is 9.84 Å². The fourth-order valence-corrected chi connectivity index (χ4v) is 3.60.